The summed E-state index contributed by atoms with van der Waals surface area (Å²) in [6.07, 6.45) is 1.96. The van der Waals surface area contributed by atoms with Crippen LogP contribution in [0.5, 0.6) is 0 Å². The van der Waals surface area contributed by atoms with E-state index in [2.05, 4.69) is 10.6 Å². The predicted molar refractivity (Wildman–Crippen MR) is 124 cm³/mol. The molecule has 2 heterocycles. The molecule has 0 atom stereocenters. The summed E-state index contributed by atoms with van der Waals surface area (Å²) in [5.41, 5.74) is 3.97. The van der Waals surface area contributed by atoms with Gasteiger partial charge in [0.1, 0.15) is 0 Å². The molecule has 0 bridgehead atoms. The average molecular weight is 428 g/mol. The van der Waals surface area contributed by atoms with Gasteiger partial charge in [0.05, 0.1) is 21.7 Å². The summed E-state index contributed by atoms with van der Waals surface area (Å²) < 4.78 is 0. The van der Waals surface area contributed by atoms with Gasteiger partial charge >= 0.3 is 0 Å². The minimum atomic E-state index is -0.137. The first-order valence-corrected chi connectivity index (χ1v) is 11.2. The summed E-state index contributed by atoms with van der Waals surface area (Å²) in [6.45, 7) is 0.403. The number of hydrogen-bond acceptors (Lipinski definition) is 4. The fourth-order valence-electron chi connectivity index (χ4n) is 3.49. The third-order valence-corrected chi connectivity index (χ3v) is 6.25. The van der Waals surface area contributed by atoms with E-state index in [1.54, 1.807) is 11.3 Å². The lowest BCUT2D eigenvalue weighted by Gasteiger charge is -2.11. The molecule has 0 spiro atoms. The third-order valence-electron chi connectivity index (χ3n) is 5.36. The zero-order valence-electron chi connectivity index (χ0n) is 16.8. The van der Waals surface area contributed by atoms with E-state index < -0.39 is 0 Å². The Bertz CT molecular complexity index is 1250. The van der Waals surface area contributed by atoms with Crippen molar-refractivity contribution < 1.29 is 9.59 Å². The zero-order chi connectivity index (χ0) is 21.2. The van der Waals surface area contributed by atoms with Gasteiger partial charge in [-0.2, -0.15) is 0 Å². The van der Waals surface area contributed by atoms with Gasteiger partial charge in [-0.15, -0.1) is 11.3 Å². The third kappa shape index (κ3) is 4.34. The number of benzene rings is 2. The van der Waals surface area contributed by atoms with Crippen LogP contribution in [-0.4, -0.2) is 16.8 Å². The van der Waals surface area contributed by atoms with E-state index in [1.165, 1.54) is 0 Å². The van der Waals surface area contributed by atoms with Gasteiger partial charge in [-0.05, 0) is 54.1 Å². The lowest BCUT2D eigenvalue weighted by Crippen LogP contribution is -2.23. The second kappa shape index (κ2) is 8.32. The van der Waals surface area contributed by atoms with Crippen LogP contribution in [0.25, 0.3) is 21.5 Å². The number of pyridine rings is 1. The number of fused-ring (bicyclic) bond motifs is 1. The first kappa shape index (κ1) is 19.5. The van der Waals surface area contributed by atoms with Crippen LogP contribution < -0.4 is 10.6 Å². The van der Waals surface area contributed by atoms with Crippen LogP contribution in [0.4, 0.5) is 5.69 Å². The van der Waals surface area contributed by atoms with Gasteiger partial charge < -0.3 is 10.6 Å². The molecular weight excluding hydrogens is 406 g/mol. The van der Waals surface area contributed by atoms with Gasteiger partial charge in [-0.1, -0.05) is 36.4 Å². The average Bonchev–Trinajstić information content (AvgIpc) is 3.52. The Morgan fingerprint density at radius 1 is 1.00 bits per heavy atom. The van der Waals surface area contributed by atoms with Crippen LogP contribution in [0.2, 0.25) is 0 Å². The molecule has 1 aliphatic rings. The number of nitrogens with zero attached hydrogens (tertiary/aromatic N) is 1. The highest BCUT2D eigenvalue weighted by Crippen LogP contribution is 2.30. The molecule has 6 heteroatoms. The Labute approximate surface area is 184 Å². The van der Waals surface area contributed by atoms with Crippen molar-refractivity contribution in [1.82, 2.24) is 10.3 Å². The van der Waals surface area contributed by atoms with Gasteiger partial charge in [0.15, 0.2) is 0 Å². The van der Waals surface area contributed by atoms with Crippen molar-refractivity contribution >= 4 is 39.7 Å². The first-order chi connectivity index (χ1) is 15.2. The molecule has 1 saturated carbocycles. The maximum absolute atomic E-state index is 13.1. The Kier molecular flexibility index (Phi) is 5.22. The highest BCUT2D eigenvalue weighted by atomic mass is 32.1. The number of carbonyl (C=O) groups is 2. The normalized spacial score (nSPS) is 13.2. The van der Waals surface area contributed by atoms with Gasteiger partial charge in [0.25, 0.3) is 5.91 Å². The van der Waals surface area contributed by atoms with E-state index in [4.69, 9.17) is 4.98 Å². The van der Waals surface area contributed by atoms with E-state index >= 15 is 0 Å². The number of carbonyl (C=O) groups excluding carboxylic acids is 2. The molecule has 2 aromatic heterocycles. The number of para-hydroxylation sites is 1. The van der Waals surface area contributed by atoms with E-state index in [0.29, 0.717) is 12.1 Å². The fraction of sp³-hybridized carbons (Fsp3) is 0.160. The minimum Gasteiger partial charge on any atom is -0.348 e. The van der Waals surface area contributed by atoms with Crippen molar-refractivity contribution in [2.45, 2.75) is 19.4 Å². The molecule has 0 radical (unpaired) electrons. The summed E-state index contributed by atoms with van der Waals surface area (Å²) >= 11 is 1.60. The van der Waals surface area contributed by atoms with Gasteiger partial charge in [-0.25, -0.2) is 4.98 Å². The second-order valence-corrected chi connectivity index (χ2v) is 8.64. The van der Waals surface area contributed by atoms with E-state index in [9.17, 15) is 9.59 Å². The Morgan fingerprint density at radius 3 is 2.55 bits per heavy atom. The number of amides is 2. The highest BCUT2D eigenvalue weighted by molar-refractivity contribution is 7.13. The Balaban J connectivity index is 1.32. The van der Waals surface area contributed by atoms with Crippen LogP contribution in [0, 0.1) is 5.92 Å². The van der Waals surface area contributed by atoms with E-state index in [-0.39, 0.29) is 17.7 Å². The smallest absolute Gasteiger partial charge is 0.252 e. The molecule has 0 saturated heterocycles. The van der Waals surface area contributed by atoms with Gasteiger partial charge in [0.2, 0.25) is 5.91 Å². The summed E-state index contributed by atoms with van der Waals surface area (Å²) in [6, 6.07) is 21.1. The molecule has 1 aliphatic carbocycles. The van der Waals surface area contributed by atoms with Crippen molar-refractivity contribution in [3.8, 4) is 10.6 Å². The van der Waals surface area contributed by atoms with Crippen molar-refractivity contribution in [1.29, 1.82) is 0 Å². The predicted octanol–water partition coefficient (Wildman–Crippen LogP) is 5.24. The van der Waals surface area contributed by atoms with Crippen molar-refractivity contribution in [3.63, 3.8) is 0 Å². The minimum absolute atomic E-state index is 0.0900. The number of nitrogens with one attached hydrogen (secondary N) is 2. The fourth-order valence-corrected chi connectivity index (χ4v) is 4.17. The number of anilines is 1. The van der Waals surface area contributed by atoms with Crippen LogP contribution in [0.3, 0.4) is 0 Å². The number of aromatic nitrogens is 1. The van der Waals surface area contributed by atoms with Gasteiger partial charge in [0, 0.05) is 23.5 Å². The topological polar surface area (TPSA) is 71.1 Å². The van der Waals surface area contributed by atoms with Crippen molar-refractivity contribution in [2.75, 3.05) is 5.32 Å². The van der Waals surface area contributed by atoms with E-state index in [1.807, 2.05) is 72.1 Å². The van der Waals surface area contributed by atoms with Crippen LogP contribution in [-0.2, 0) is 11.3 Å². The lowest BCUT2D eigenvalue weighted by molar-refractivity contribution is -0.117. The summed E-state index contributed by atoms with van der Waals surface area (Å²) in [4.78, 5) is 30.7. The van der Waals surface area contributed by atoms with E-state index in [0.717, 1.165) is 45.6 Å². The monoisotopic (exact) mass is 427 g/mol. The summed E-state index contributed by atoms with van der Waals surface area (Å²) in [7, 11) is 0. The first-order valence-electron chi connectivity index (χ1n) is 10.3. The lowest BCUT2D eigenvalue weighted by atomic mass is 10.1. The maximum Gasteiger partial charge on any atom is 0.252 e. The second-order valence-electron chi connectivity index (χ2n) is 7.69. The molecule has 2 N–H and O–H groups in total. The molecule has 0 aliphatic heterocycles. The largest absolute Gasteiger partial charge is 0.348 e. The Hall–Kier alpha value is -3.51. The van der Waals surface area contributed by atoms with Crippen LogP contribution >= 0.6 is 11.3 Å². The van der Waals surface area contributed by atoms with Crippen molar-refractivity contribution in [3.05, 3.63) is 83.2 Å². The molecule has 2 amide bonds. The molecule has 5 nitrogen and oxygen atoms in total. The SMILES string of the molecule is O=C(NCc1ccc(NC(=O)C2CC2)cc1)c1cc(-c2cccs2)nc2ccccc12. The molecular formula is C25H21N3O2S. The highest BCUT2D eigenvalue weighted by Gasteiger charge is 2.29. The zero-order valence-corrected chi connectivity index (χ0v) is 17.6. The summed E-state index contributed by atoms with van der Waals surface area (Å²) in [5, 5.41) is 8.78. The van der Waals surface area contributed by atoms with Crippen LogP contribution in [0.1, 0.15) is 28.8 Å². The van der Waals surface area contributed by atoms with Crippen molar-refractivity contribution in [2.24, 2.45) is 5.92 Å². The summed E-state index contributed by atoms with van der Waals surface area (Å²) in [5.74, 6) is 0.128. The molecule has 154 valence electrons. The molecule has 0 unspecified atom stereocenters. The number of rotatable bonds is 6. The molecule has 1 fully saturated rings. The molecule has 5 rings (SSSR count). The van der Waals surface area contributed by atoms with Crippen LogP contribution in [0.15, 0.2) is 72.1 Å². The molecule has 2 aromatic carbocycles. The quantitative estimate of drug-likeness (QED) is 0.442. The molecule has 31 heavy (non-hydrogen) atoms. The standard InChI is InChI=1S/C25H21N3O2S/c29-24(17-9-10-17)27-18-11-7-16(8-12-18)15-26-25(30)20-14-22(23-6-3-13-31-23)28-21-5-2-1-4-19(20)21/h1-8,11-14,17H,9-10,15H2,(H,26,30)(H,27,29). The number of thiophene rings is 1. The van der Waals surface area contributed by atoms with Gasteiger partial charge in [-0.3, -0.25) is 9.59 Å². The number of hydrogen-bond donors (Lipinski definition) is 2. The Morgan fingerprint density at radius 2 is 1.81 bits per heavy atom. The molecule has 4 aromatic rings. The maximum atomic E-state index is 13.1.